The Morgan fingerprint density at radius 2 is 0.794 bits per heavy atom. The smallest absolute Gasteiger partial charge is 0.143 e. The molecule has 0 atom stereocenters. The maximum Gasteiger partial charge on any atom is 0.143 e. The van der Waals surface area contributed by atoms with Crippen molar-refractivity contribution in [3.8, 4) is 11.1 Å². The van der Waals surface area contributed by atoms with Crippen LogP contribution in [-0.4, -0.2) is 0 Å². The highest BCUT2D eigenvalue weighted by Crippen LogP contribution is 2.38. The van der Waals surface area contributed by atoms with E-state index in [0.29, 0.717) is 0 Å². The van der Waals surface area contributed by atoms with Gasteiger partial charge in [0.2, 0.25) is 0 Å². The Bertz CT molecular complexity index is 1920. The van der Waals surface area contributed by atoms with Crippen LogP contribution in [0.3, 0.4) is 0 Å². The van der Waals surface area contributed by atoms with Crippen LogP contribution in [0.25, 0.3) is 76.5 Å². The van der Waals surface area contributed by atoms with Crippen LogP contribution < -0.4 is 0 Å². The van der Waals surface area contributed by atoms with Crippen molar-refractivity contribution in [2.45, 2.75) is 0 Å². The second-order valence-corrected chi connectivity index (χ2v) is 8.95. The van der Waals surface area contributed by atoms with Gasteiger partial charge in [0.05, 0.1) is 0 Å². The zero-order valence-corrected chi connectivity index (χ0v) is 18.2. The lowest BCUT2D eigenvalue weighted by molar-refractivity contribution is 0.672. The van der Waals surface area contributed by atoms with Gasteiger partial charge in [0.15, 0.2) is 0 Å². The second-order valence-electron chi connectivity index (χ2n) is 8.95. The third kappa shape index (κ3) is 2.40. The van der Waals surface area contributed by atoms with Gasteiger partial charge in [0.25, 0.3) is 0 Å². The van der Waals surface area contributed by atoms with Crippen molar-refractivity contribution in [2.75, 3.05) is 0 Å². The van der Waals surface area contributed by atoms with E-state index >= 15 is 0 Å². The molecule has 34 heavy (non-hydrogen) atoms. The Morgan fingerprint density at radius 1 is 0.353 bits per heavy atom. The molecule has 0 amide bonds. The normalized spacial score (nSPS) is 12.1. The first-order valence-corrected chi connectivity index (χ1v) is 11.5. The van der Waals surface area contributed by atoms with Crippen LogP contribution in [-0.2, 0) is 0 Å². The van der Waals surface area contributed by atoms with Gasteiger partial charge in [-0.1, -0.05) is 72.8 Å². The molecule has 0 saturated carbocycles. The molecular weight excluding hydrogens is 416 g/mol. The highest BCUT2D eigenvalue weighted by Gasteiger charge is 2.14. The van der Waals surface area contributed by atoms with Gasteiger partial charge in [-0.3, -0.25) is 0 Å². The molecule has 0 aliphatic heterocycles. The summed E-state index contributed by atoms with van der Waals surface area (Å²) in [5.74, 6) is 0. The molecule has 8 aromatic rings. The first-order chi connectivity index (χ1) is 16.8. The van der Waals surface area contributed by atoms with Gasteiger partial charge in [-0.15, -0.1) is 0 Å². The average Bonchev–Trinajstić information content (AvgIpc) is 3.46. The largest absolute Gasteiger partial charge is 0.455 e. The van der Waals surface area contributed by atoms with E-state index in [9.17, 15) is 0 Å². The fourth-order valence-corrected chi connectivity index (χ4v) is 5.37. The first kappa shape index (κ1) is 17.9. The van der Waals surface area contributed by atoms with Crippen molar-refractivity contribution in [1.29, 1.82) is 0 Å². The molecule has 2 heterocycles. The maximum atomic E-state index is 6.39. The molecule has 158 valence electrons. The number of rotatable bonds is 1. The molecule has 2 aromatic heterocycles. The molecule has 0 aliphatic carbocycles. The van der Waals surface area contributed by atoms with Crippen molar-refractivity contribution in [2.24, 2.45) is 0 Å². The summed E-state index contributed by atoms with van der Waals surface area (Å²) in [6, 6.07) is 38.4. The molecule has 2 nitrogen and oxygen atoms in total. The molecule has 0 unspecified atom stereocenters. The van der Waals surface area contributed by atoms with Crippen LogP contribution in [0, 0.1) is 0 Å². The van der Waals surface area contributed by atoms with Gasteiger partial charge in [-0.05, 0) is 58.3 Å². The van der Waals surface area contributed by atoms with Crippen LogP contribution in [0.2, 0.25) is 0 Å². The molecule has 0 N–H and O–H groups in total. The third-order valence-electron chi connectivity index (χ3n) is 7.06. The summed E-state index contributed by atoms with van der Waals surface area (Å²) in [5.41, 5.74) is 5.93. The molecule has 0 bridgehead atoms. The Hall–Kier alpha value is -4.56. The van der Waals surface area contributed by atoms with E-state index in [1.54, 1.807) is 0 Å². The van der Waals surface area contributed by atoms with Crippen LogP contribution >= 0.6 is 0 Å². The highest BCUT2D eigenvalue weighted by atomic mass is 16.3. The highest BCUT2D eigenvalue weighted by molar-refractivity contribution is 6.16. The SMILES string of the molecule is c1ccc2c(c1)ccc1c3ccc(-c4ccc5c(c4)oc4c6ccccc6ccc54)cc3oc21. The maximum absolute atomic E-state index is 6.39. The summed E-state index contributed by atoms with van der Waals surface area (Å²) in [7, 11) is 0. The monoisotopic (exact) mass is 434 g/mol. The van der Waals surface area contributed by atoms with Gasteiger partial charge in [-0.25, -0.2) is 0 Å². The van der Waals surface area contributed by atoms with Gasteiger partial charge in [0, 0.05) is 32.3 Å². The fraction of sp³-hybridized carbons (Fsp3) is 0. The molecule has 0 radical (unpaired) electrons. The zero-order valence-electron chi connectivity index (χ0n) is 18.2. The summed E-state index contributed by atoms with van der Waals surface area (Å²) >= 11 is 0. The molecule has 0 fully saturated rings. The Morgan fingerprint density at radius 3 is 1.29 bits per heavy atom. The van der Waals surface area contributed by atoms with Crippen LogP contribution in [0.1, 0.15) is 0 Å². The van der Waals surface area contributed by atoms with Crippen LogP contribution in [0.15, 0.2) is 118 Å². The van der Waals surface area contributed by atoms with Crippen molar-refractivity contribution in [1.82, 2.24) is 0 Å². The van der Waals surface area contributed by atoms with Crippen LogP contribution in [0.5, 0.6) is 0 Å². The number of hydrogen-bond donors (Lipinski definition) is 0. The first-order valence-electron chi connectivity index (χ1n) is 11.5. The number of hydrogen-bond acceptors (Lipinski definition) is 2. The van der Waals surface area contributed by atoms with Crippen molar-refractivity contribution in [3.63, 3.8) is 0 Å². The van der Waals surface area contributed by atoms with Gasteiger partial charge in [-0.2, -0.15) is 0 Å². The van der Waals surface area contributed by atoms with E-state index in [4.69, 9.17) is 8.83 Å². The molecule has 2 heteroatoms. The number of fused-ring (bicyclic) bond motifs is 10. The van der Waals surface area contributed by atoms with E-state index < -0.39 is 0 Å². The predicted molar refractivity (Wildman–Crippen MR) is 141 cm³/mol. The molecule has 0 aliphatic rings. The minimum Gasteiger partial charge on any atom is -0.455 e. The summed E-state index contributed by atoms with van der Waals surface area (Å²) in [6.07, 6.45) is 0. The van der Waals surface area contributed by atoms with E-state index in [1.165, 1.54) is 10.8 Å². The Kier molecular flexibility index (Phi) is 3.42. The minimum atomic E-state index is 0.902. The van der Waals surface area contributed by atoms with E-state index in [2.05, 4.69) is 109 Å². The van der Waals surface area contributed by atoms with Crippen LogP contribution in [0.4, 0.5) is 0 Å². The Balaban J connectivity index is 1.33. The molecule has 0 saturated heterocycles. The zero-order chi connectivity index (χ0) is 22.2. The van der Waals surface area contributed by atoms with Crippen molar-refractivity contribution < 1.29 is 8.83 Å². The minimum absolute atomic E-state index is 0.902. The fourth-order valence-electron chi connectivity index (χ4n) is 5.37. The van der Waals surface area contributed by atoms with E-state index in [1.807, 2.05) is 0 Å². The van der Waals surface area contributed by atoms with Gasteiger partial charge < -0.3 is 8.83 Å². The van der Waals surface area contributed by atoms with Gasteiger partial charge in [0.1, 0.15) is 22.3 Å². The summed E-state index contributed by atoms with van der Waals surface area (Å²) in [6.45, 7) is 0. The van der Waals surface area contributed by atoms with E-state index in [0.717, 1.165) is 65.8 Å². The second kappa shape index (κ2) is 6.49. The third-order valence-corrected chi connectivity index (χ3v) is 7.06. The molecule has 0 spiro atoms. The lowest BCUT2D eigenvalue weighted by Crippen LogP contribution is -1.77. The topological polar surface area (TPSA) is 26.3 Å². The lowest BCUT2D eigenvalue weighted by atomic mass is 10.0. The number of benzene rings is 6. The van der Waals surface area contributed by atoms with Crippen molar-refractivity contribution in [3.05, 3.63) is 109 Å². The quantitative estimate of drug-likeness (QED) is 0.257. The van der Waals surface area contributed by atoms with E-state index in [-0.39, 0.29) is 0 Å². The van der Waals surface area contributed by atoms with Gasteiger partial charge >= 0.3 is 0 Å². The predicted octanol–water partition coefficient (Wildman–Crippen LogP) is 9.46. The molecule has 8 rings (SSSR count). The molecular formula is C32H18O2. The number of furan rings is 2. The summed E-state index contributed by atoms with van der Waals surface area (Å²) in [5, 5.41) is 9.26. The summed E-state index contributed by atoms with van der Waals surface area (Å²) < 4.78 is 12.8. The standard InChI is InChI=1S/C32H18O2/c1-3-7-23-19(5-1)9-15-27-25-13-11-21(17-29(25)33-31(23)27)22-12-14-26-28-16-10-20-6-2-4-8-24(20)32(28)34-30(26)18-22/h1-18H. The Labute approximate surface area is 194 Å². The average molecular weight is 434 g/mol. The van der Waals surface area contributed by atoms with Crippen molar-refractivity contribution >= 4 is 65.4 Å². The summed E-state index contributed by atoms with van der Waals surface area (Å²) in [4.78, 5) is 0. The lowest BCUT2D eigenvalue weighted by Gasteiger charge is -2.02. The molecule has 6 aromatic carbocycles.